The van der Waals surface area contributed by atoms with Crippen molar-refractivity contribution < 1.29 is 17.9 Å². The Kier molecular flexibility index (Phi) is 3.59. The molecule has 0 spiro atoms. The fourth-order valence-electron chi connectivity index (χ4n) is 2.17. The van der Waals surface area contributed by atoms with Crippen LogP contribution in [0.15, 0.2) is 53.4 Å². The van der Waals surface area contributed by atoms with Gasteiger partial charge in [-0.15, -0.1) is 0 Å². The Labute approximate surface area is 128 Å². The minimum Gasteiger partial charge on any atom is -0.423 e. The quantitative estimate of drug-likeness (QED) is 0.672. The third kappa shape index (κ3) is 2.68. The first-order chi connectivity index (χ1) is 10.5. The zero-order valence-corrected chi connectivity index (χ0v) is 12.6. The number of carbonyl (C=O) groups excluding carboxylic acids is 1. The lowest BCUT2D eigenvalue weighted by Crippen LogP contribution is -2.41. The summed E-state index contributed by atoms with van der Waals surface area (Å²) in [6, 6.07) is 13.1. The summed E-state index contributed by atoms with van der Waals surface area (Å²) in [4.78, 5) is 14.0. The van der Waals surface area contributed by atoms with E-state index < -0.39 is 16.0 Å². The van der Waals surface area contributed by atoms with Crippen molar-refractivity contribution in [3.8, 4) is 5.75 Å². The van der Waals surface area contributed by atoms with Crippen LogP contribution in [0.4, 0.5) is 5.69 Å². The van der Waals surface area contributed by atoms with E-state index in [2.05, 4.69) is 4.72 Å². The van der Waals surface area contributed by atoms with Crippen molar-refractivity contribution in [3.05, 3.63) is 54.1 Å². The maximum absolute atomic E-state index is 12.1. The van der Waals surface area contributed by atoms with Gasteiger partial charge in [-0.25, -0.2) is 13.2 Å². The van der Waals surface area contributed by atoms with Gasteiger partial charge in [-0.3, -0.25) is 0 Å². The molecule has 0 bridgehead atoms. The van der Waals surface area contributed by atoms with E-state index in [4.69, 9.17) is 4.74 Å². The predicted octanol–water partition coefficient (Wildman–Crippen LogP) is 1.59. The smallest absolute Gasteiger partial charge is 0.343 e. The number of hydrogen-bond acceptors (Lipinski definition) is 5. The van der Waals surface area contributed by atoms with E-state index in [0.29, 0.717) is 11.4 Å². The highest BCUT2D eigenvalue weighted by Crippen LogP contribution is 2.28. The van der Waals surface area contributed by atoms with Gasteiger partial charge in [0.25, 0.3) is 0 Å². The van der Waals surface area contributed by atoms with Gasteiger partial charge in [0.2, 0.25) is 10.0 Å². The lowest BCUT2D eigenvalue weighted by Gasteiger charge is -2.27. The molecular formula is C15H14N2O4S. The second kappa shape index (κ2) is 5.43. The Morgan fingerprint density at radius 2 is 1.91 bits per heavy atom. The second-order valence-corrected chi connectivity index (χ2v) is 6.62. The number of carbonyl (C=O) groups is 1. The maximum atomic E-state index is 12.1. The molecule has 7 heteroatoms. The summed E-state index contributed by atoms with van der Waals surface area (Å²) in [5.74, 6) is -0.194. The molecule has 0 amide bonds. The Hall–Kier alpha value is -2.38. The van der Waals surface area contributed by atoms with E-state index in [1.54, 1.807) is 48.3 Å². The molecule has 0 saturated heterocycles. The summed E-state index contributed by atoms with van der Waals surface area (Å²) in [5, 5.41) is 0. The normalized spacial score (nSPS) is 16.0. The number of para-hydroxylation sites is 1. The van der Waals surface area contributed by atoms with Crippen molar-refractivity contribution in [2.75, 3.05) is 18.6 Å². The van der Waals surface area contributed by atoms with Crippen LogP contribution in [0.5, 0.6) is 5.75 Å². The molecule has 22 heavy (non-hydrogen) atoms. The highest BCUT2D eigenvalue weighted by molar-refractivity contribution is 7.89. The van der Waals surface area contributed by atoms with E-state index in [1.807, 2.05) is 6.07 Å². The van der Waals surface area contributed by atoms with Crippen molar-refractivity contribution in [3.63, 3.8) is 0 Å². The van der Waals surface area contributed by atoms with Crippen LogP contribution in [0, 0.1) is 0 Å². The SMILES string of the molecule is CN1CNS(=O)(=O)c2cc(C(=O)Oc3ccccc3)ccc21. The summed E-state index contributed by atoms with van der Waals surface area (Å²) in [6.07, 6.45) is 0. The van der Waals surface area contributed by atoms with Gasteiger partial charge < -0.3 is 9.64 Å². The number of sulfonamides is 1. The van der Waals surface area contributed by atoms with Crippen LogP contribution in [-0.4, -0.2) is 28.1 Å². The first-order valence-corrected chi connectivity index (χ1v) is 8.08. The van der Waals surface area contributed by atoms with Crippen LogP contribution >= 0.6 is 0 Å². The maximum Gasteiger partial charge on any atom is 0.343 e. The summed E-state index contributed by atoms with van der Waals surface area (Å²) < 4.78 is 31.8. The van der Waals surface area contributed by atoms with E-state index in [0.717, 1.165) is 0 Å². The Bertz CT molecular complexity index is 819. The molecule has 0 saturated carbocycles. The number of benzene rings is 2. The molecule has 0 radical (unpaired) electrons. The summed E-state index contributed by atoms with van der Waals surface area (Å²) in [7, 11) is -1.84. The van der Waals surface area contributed by atoms with Crippen molar-refractivity contribution in [2.24, 2.45) is 0 Å². The fraction of sp³-hybridized carbons (Fsp3) is 0.133. The minimum atomic E-state index is -3.60. The van der Waals surface area contributed by atoms with Crippen LogP contribution in [0.25, 0.3) is 0 Å². The molecule has 1 aliphatic heterocycles. The molecule has 0 atom stereocenters. The van der Waals surface area contributed by atoms with Crippen molar-refractivity contribution in [2.45, 2.75) is 4.90 Å². The standard InChI is InChI=1S/C15H14N2O4S/c1-17-10-16-22(19,20)14-9-11(7-8-13(14)17)15(18)21-12-5-3-2-4-6-12/h2-9,16H,10H2,1H3. The molecule has 1 aliphatic rings. The highest BCUT2D eigenvalue weighted by atomic mass is 32.2. The number of esters is 1. The van der Waals surface area contributed by atoms with Gasteiger partial charge in [0, 0.05) is 7.05 Å². The predicted molar refractivity (Wildman–Crippen MR) is 81.4 cm³/mol. The molecule has 6 nitrogen and oxygen atoms in total. The average Bonchev–Trinajstić information content (AvgIpc) is 2.52. The minimum absolute atomic E-state index is 0.0729. The lowest BCUT2D eigenvalue weighted by molar-refractivity contribution is 0.0734. The number of nitrogens with zero attached hydrogens (tertiary/aromatic N) is 1. The molecule has 0 fully saturated rings. The van der Waals surface area contributed by atoms with Gasteiger partial charge >= 0.3 is 5.97 Å². The number of fused-ring (bicyclic) bond motifs is 1. The first-order valence-electron chi connectivity index (χ1n) is 6.59. The molecule has 1 N–H and O–H groups in total. The van der Waals surface area contributed by atoms with Gasteiger partial charge in [0.1, 0.15) is 10.6 Å². The molecule has 2 aromatic carbocycles. The second-order valence-electron chi connectivity index (χ2n) is 4.89. The molecule has 3 rings (SSSR count). The van der Waals surface area contributed by atoms with Gasteiger partial charge in [-0.1, -0.05) is 18.2 Å². The molecular weight excluding hydrogens is 304 g/mol. The summed E-state index contributed by atoms with van der Waals surface area (Å²) in [5.41, 5.74) is 0.735. The Balaban J connectivity index is 1.95. The van der Waals surface area contributed by atoms with Crippen LogP contribution in [0.3, 0.4) is 0 Å². The lowest BCUT2D eigenvalue weighted by atomic mass is 10.2. The zero-order chi connectivity index (χ0) is 15.7. The molecule has 1 heterocycles. The van der Waals surface area contributed by atoms with Crippen LogP contribution in [-0.2, 0) is 10.0 Å². The van der Waals surface area contributed by atoms with Gasteiger partial charge in [0.15, 0.2) is 0 Å². The topological polar surface area (TPSA) is 75.7 Å². The van der Waals surface area contributed by atoms with E-state index in [-0.39, 0.29) is 17.1 Å². The number of hydrogen-bond donors (Lipinski definition) is 1. The van der Waals surface area contributed by atoms with Crippen molar-refractivity contribution in [1.29, 1.82) is 0 Å². The van der Waals surface area contributed by atoms with E-state index in [9.17, 15) is 13.2 Å². The number of anilines is 1. The van der Waals surface area contributed by atoms with Gasteiger partial charge in [-0.05, 0) is 30.3 Å². The third-order valence-corrected chi connectivity index (χ3v) is 4.76. The van der Waals surface area contributed by atoms with E-state index in [1.165, 1.54) is 6.07 Å². The van der Waals surface area contributed by atoms with Gasteiger partial charge in [0.05, 0.1) is 17.9 Å². The Morgan fingerprint density at radius 1 is 1.18 bits per heavy atom. The van der Waals surface area contributed by atoms with Crippen LogP contribution in [0.2, 0.25) is 0 Å². The number of ether oxygens (including phenoxy) is 1. The number of rotatable bonds is 2. The monoisotopic (exact) mass is 318 g/mol. The number of nitrogens with one attached hydrogen (secondary N) is 1. The summed E-state index contributed by atoms with van der Waals surface area (Å²) >= 11 is 0. The third-order valence-electron chi connectivity index (χ3n) is 3.34. The zero-order valence-electron chi connectivity index (χ0n) is 11.8. The van der Waals surface area contributed by atoms with Crippen LogP contribution in [0.1, 0.15) is 10.4 Å². The van der Waals surface area contributed by atoms with Crippen molar-refractivity contribution in [1.82, 2.24) is 4.72 Å². The van der Waals surface area contributed by atoms with Crippen molar-refractivity contribution >= 4 is 21.7 Å². The average molecular weight is 318 g/mol. The molecule has 2 aromatic rings. The van der Waals surface area contributed by atoms with Gasteiger partial charge in [-0.2, -0.15) is 4.72 Å². The Morgan fingerprint density at radius 3 is 2.64 bits per heavy atom. The molecule has 0 aromatic heterocycles. The molecule has 114 valence electrons. The van der Waals surface area contributed by atoms with Crippen LogP contribution < -0.4 is 14.4 Å². The largest absolute Gasteiger partial charge is 0.423 e. The first kappa shape index (κ1) is 14.6. The summed E-state index contributed by atoms with van der Waals surface area (Å²) in [6.45, 7) is 0.198. The highest BCUT2D eigenvalue weighted by Gasteiger charge is 2.27. The van der Waals surface area contributed by atoms with E-state index >= 15 is 0 Å². The fourth-order valence-corrected chi connectivity index (χ4v) is 3.47. The molecule has 0 aliphatic carbocycles. The molecule has 0 unspecified atom stereocenters.